The van der Waals surface area contributed by atoms with E-state index in [4.69, 9.17) is 4.74 Å². The third-order valence-corrected chi connectivity index (χ3v) is 7.79. The van der Waals surface area contributed by atoms with E-state index in [2.05, 4.69) is 5.32 Å². The van der Waals surface area contributed by atoms with Gasteiger partial charge in [-0.05, 0) is 62.6 Å². The first-order valence-electron chi connectivity index (χ1n) is 13.9. The van der Waals surface area contributed by atoms with Crippen LogP contribution in [-0.4, -0.2) is 56.6 Å². The van der Waals surface area contributed by atoms with Crippen molar-refractivity contribution in [3.8, 4) is 5.75 Å². The quantitative estimate of drug-likeness (QED) is 0.290. The highest BCUT2D eigenvalue weighted by Gasteiger charge is 2.32. The van der Waals surface area contributed by atoms with E-state index in [0.29, 0.717) is 5.75 Å². The summed E-state index contributed by atoms with van der Waals surface area (Å²) in [7, 11) is -2.33. The van der Waals surface area contributed by atoms with Crippen LogP contribution < -0.4 is 14.4 Å². The van der Waals surface area contributed by atoms with Crippen molar-refractivity contribution in [3.05, 3.63) is 95.6 Å². The normalized spacial score (nSPS) is 12.3. The molecule has 0 spiro atoms. The Morgan fingerprint density at radius 2 is 1.60 bits per heavy atom. The fourth-order valence-electron chi connectivity index (χ4n) is 4.62. The Bertz CT molecular complexity index is 1510. The van der Waals surface area contributed by atoms with Gasteiger partial charge in [0.05, 0.1) is 19.1 Å². The SMILES string of the molecule is COc1cccc(CN(C(=O)CCCN(c2ccc(F)c(F)c2)S(C)(=O)=O)[C@@H](Cc2ccccc2)C(=O)NC(C)(C)C)c1. The van der Waals surface area contributed by atoms with Gasteiger partial charge in [-0.25, -0.2) is 17.2 Å². The van der Waals surface area contributed by atoms with E-state index >= 15 is 0 Å². The fourth-order valence-corrected chi connectivity index (χ4v) is 5.58. The molecule has 0 fully saturated rings. The summed E-state index contributed by atoms with van der Waals surface area (Å²) in [4.78, 5) is 29.1. The highest BCUT2D eigenvalue weighted by molar-refractivity contribution is 7.92. The number of amides is 2. The second-order valence-electron chi connectivity index (χ2n) is 11.4. The summed E-state index contributed by atoms with van der Waals surface area (Å²) in [6.45, 7) is 5.52. The highest BCUT2D eigenvalue weighted by Crippen LogP contribution is 2.23. The maximum atomic E-state index is 13.9. The summed E-state index contributed by atoms with van der Waals surface area (Å²) in [5, 5.41) is 3.00. The van der Waals surface area contributed by atoms with Gasteiger partial charge in [-0.2, -0.15) is 0 Å². The summed E-state index contributed by atoms with van der Waals surface area (Å²) in [6.07, 6.45) is 1.17. The predicted octanol–water partition coefficient (Wildman–Crippen LogP) is 5.07. The molecule has 0 unspecified atom stereocenters. The molecule has 2 amide bonds. The van der Waals surface area contributed by atoms with Crippen LogP contribution in [-0.2, 0) is 32.6 Å². The molecule has 3 aromatic carbocycles. The second kappa shape index (κ2) is 14.5. The van der Waals surface area contributed by atoms with Crippen LogP contribution in [0.3, 0.4) is 0 Å². The predicted molar refractivity (Wildman–Crippen MR) is 163 cm³/mol. The lowest BCUT2D eigenvalue weighted by Crippen LogP contribution is -2.54. The molecule has 11 heteroatoms. The molecule has 1 atom stereocenters. The van der Waals surface area contributed by atoms with Crippen molar-refractivity contribution in [1.29, 1.82) is 0 Å². The van der Waals surface area contributed by atoms with Gasteiger partial charge in [0.2, 0.25) is 21.8 Å². The van der Waals surface area contributed by atoms with Crippen molar-refractivity contribution in [1.82, 2.24) is 10.2 Å². The number of sulfonamides is 1. The number of ether oxygens (including phenoxy) is 1. The van der Waals surface area contributed by atoms with Crippen molar-refractivity contribution in [2.24, 2.45) is 0 Å². The molecule has 0 aliphatic heterocycles. The van der Waals surface area contributed by atoms with Crippen LogP contribution in [0.2, 0.25) is 0 Å². The molecular formula is C32H39F2N3O5S. The molecule has 0 saturated carbocycles. The molecule has 0 aliphatic rings. The molecule has 0 saturated heterocycles. The van der Waals surface area contributed by atoms with E-state index in [1.807, 2.05) is 57.2 Å². The summed E-state index contributed by atoms with van der Waals surface area (Å²) >= 11 is 0. The summed E-state index contributed by atoms with van der Waals surface area (Å²) in [5.74, 6) is -2.38. The molecule has 0 aliphatic carbocycles. The number of hydrogen-bond donors (Lipinski definition) is 1. The fraction of sp³-hybridized carbons (Fsp3) is 0.375. The summed E-state index contributed by atoms with van der Waals surface area (Å²) < 4.78 is 58.7. The van der Waals surface area contributed by atoms with Gasteiger partial charge in [-0.3, -0.25) is 13.9 Å². The van der Waals surface area contributed by atoms with Gasteiger partial charge in [0.1, 0.15) is 11.8 Å². The van der Waals surface area contributed by atoms with Crippen molar-refractivity contribution in [3.63, 3.8) is 0 Å². The zero-order chi connectivity index (χ0) is 31.8. The first kappa shape index (κ1) is 33.5. The van der Waals surface area contributed by atoms with Gasteiger partial charge in [-0.1, -0.05) is 42.5 Å². The first-order valence-corrected chi connectivity index (χ1v) is 15.7. The average Bonchev–Trinajstić information content (AvgIpc) is 2.93. The maximum Gasteiger partial charge on any atom is 0.243 e. The molecular weight excluding hydrogens is 576 g/mol. The monoisotopic (exact) mass is 615 g/mol. The van der Waals surface area contributed by atoms with E-state index in [1.54, 1.807) is 18.2 Å². The number of hydrogen-bond acceptors (Lipinski definition) is 5. The number of nitrogens with one attached hydrogen (secondary N) is 1. The minimum atomic E-state index is -3.87. The Morgan fingerprint density at radius 1 is 0.930 bits per heavy atom. The largest absolute Gasteiger partial charge is 0.497 e. The minimum absolute atomic E-state index is 0.0476. The van der Waals surface area contributed by atoms with Gasteiger partial charge >= 0.3 is 0 Å². The van der Waals surface area contributed by atoms with E-state index in [-0.39, 0.29) is 49.9 Å². The van der Waals surface area contributed by atoms with Gasteiger partial charge in [0.25, 0.3) is 0 Å². The molecule has 0 heterocycles. The Hall–Kier alpha value is -3.99. The lowest BCUT2D eigenvalue weighted by molar-refractivity contribution is -0.142. The van der Waals surface area contributed by atoms with E-state index in [1.165, 1.54) is 18.1 Å². The van der Waals surface area contributed by atoms with Crippen molar-refractivity contribution in [2.45, 2.75) is 58.2 Å². The zero-order valence-electron chi connectivity index (χ0n) is 25.1. The number of rotatable bonds is 13. The third kappa shape index (κ3) is 10.1. The number of halogens is 2. The van der Waals surface area contributed by atoms with Gasteiger partial charge in [0, 0.05) is 37.5 Å². The number of carbonyl (C=O) groups is 2. The zero-order valence-corrected chi connectivity index (χ0v) is 26.0. The minimum Gasteiger partial charge on any atom is -0.497 e. The Kier molecular flexibility index (Phi) is 11.3. The highest BCUT2D eigenvalue weighted by atomic mass is 32.2. The standard InChI is InChI=1S/C32H39F2N3O5S/c1-32(2,3)35-31(39)29(20-23-11-7-6-8-12-23)36(22-24-13-9-14-26(19-24)42-4)30(38)15-10-18-37(43(5,40)41)25-16-17-27(33)28(34)21-25/h6-9,11-14,16-17,19,21,29H,10,15,18,20,22H2,1-5H3,(H,35,39)/t29-/m0/s1. The Labute approximate surface area is 252 Å². The second-order valence-corrected chi connectivity index (χ2v) is 13.3. The third-order valence-electron chi connectivity index (χ3n) is 6.60. The van der Waals surface area contributed by atoms with Crippen LogP contribution in [0, 0.1) is 11.6 Å². The van der Waals surface area contributed by atoms with Gasteiger partial charge in [-0.15, -0.1) is 0 Å². The Balaban J connectivity index is 1.93. The smallest absolute Gasteiger partial charge is 0.243 e. The van der Waals surface area contributed by atoms with Crippen LogP contribution >= 0.6 is 0 Å². The molecule has 3 rings (SSSR count). The molecule has 1 N–H and O–H groups in total. The van der Waals surface area contributed by atoms with E-state index in [0.717, 1.165) is 33.8 Å². The number of methoxy groups -OCH3 is 1. The summed E-state index contributed by atoms with van der Waals surface area (Å²) in [6, 6.07) is 18.5. The van der Waals surface area contributed by atoms with Crippen molar-refractivity contribution in [2.75, 3.05) is 24.2 Å². The number of anilines is 1. The van der Waals surface area contributed by atoms with Crippen LogP contribution in [0.4, 0.5) is 14.5 Å². The maximum absolute atomic E-state index is 13.9. The van der Waals surface area contributed by atoms with Crippen LogP contribution in [0.5, 0.6) is 5.75 Å². The lowest BCUT2D eigenvalue weighted by atomic mass is 10.00. The van der Waals surface area contributed by atoms with Crippen LogP contribution in [0.1, 0.15) is 44.7 Å². The average molecular weight is 616 g/mol. The number of benzene rings is 3. The molecule has 3 aromatic rings. The molecule has 0 bridgehead atoms. The topological polar surface area (TPSA) is 96.0 Å². The molecule has 0 radical (unpaired) electrons. The van der Waals surface area contributed by atoms with Gasteiger partial charge in [0.15, 0.2) is 11.6 Å². The molecule has 0 aromatic heterocycles. The first-order chi connectivity index (χ1) is 20.2. The van der Waals surface area contributed by atoms with Crippen LogP contribution in [0.15, 0.2) is 72.8 Å². The number of carbonyl (C=O) groups excluding carboxylic acids is 2. The molecule has 43 heavy (non-hydrogen) atoms. The van der Waals surface area contributed by atoms with Crippen molar-refractivity contribution < 1.29 is 31.5 Å². The van der Waals surface area contributed by atoms with E-state index in [9.17, 15) is 26.8 Å². The molecule has 8 nitrogen and oxygen atoms in total. The van der Waals surface area contributed by atoms with Crippen LogP contribution in [0.25, 0.3) is 0 Å². The summed E-state index contributed by atoms with van der Waals surface area (Å²) in [5.41, 5.74) is 1.00. The Morgan fingerprint density at radius 3 is 2.21 bits per heavy atom. The van der Waals surface area contributed by atoms with E-state index < -0.39 is 33.2 Å². The number of nitrogens with zero attached hydrogens (tertiary/aromatic N) is 2. The lowest BCUT2D eigenvalue weighted by Gasteiger charge is -2.34. The van der Waals surface area contributed by atoms with Crippen molar-refractivity contribution >= 4 is 27.5 Å². The van der Waals surface area contributed by atoms with Gasteiger partial charge < -0.3 is 15.0 Å². The molecule has 232 valence electrons.